The molecule has 25 heavy (non-hydrogen) atoms. The van der Waals surface area contributed by atoms with Crippen LogP contribution in [-0.2, 0) is 9.59 Å². The van der Waals surface area contributed by atoms with Gasteiger partial charge in [0.2, 0.25) is 5.78 Å². The van der Waals surface area contributed by atoms with Crippen LogP contribution < -0.4 is 0 Å². The van der Waals surface area contributed by atoms with Crippen molar-refractivity contribution in [2.45, 2.75) is 63.9 Å². The highest BCUT2D eigenvalue weighted by Crippen LogP contribution is 2.35. The molecule has 1 aliphatic carbocycles. The third kappa shape index (κ3) is 7.41. The van der Waals surface area contributed by atoms with E-state index >= 15 is 0 Å². The molecule has 0 amide bonds. The Morgan fingerprint density at radius 3 is 2.60 bits per heavy atom. The van der Waals surface area contributed by atoms with Gasteiger partial charge in [0.25, 0.3) is 0 Å². The lowest BCUT2D eigenvalue weighted by atomic mass is 9.92. The summed E-state index contributed by atoms with van der Waals surface area (Å²) in [5, 5.41) is 19.4. The molecule has 1 aliphatic rings. The number of halogens is 1. The van der Waals surface area contributed by atoms with Gasteiger partial charge in [-0.15, -0.1) is 0 Å². The van der Waals surface area contributed by atoms with Crippen molar-refractivity contribution in [2.75, 3.05) is 0 Å². The van der Waals surface area contributed by atoms with E-state index in [0.29, 0.717) is 19.3 Å². The van der Waals surface area contributed by atoms with E-state index in [1.165, 1.54) is 12.5 Å². The highest BCUT2D eigenvalue weighted by Gasteiger charge is 2.40. The van der Waals surface area contributed by atoms with Crippen LogP contribution in [0.5, 0.6) is 0 Å². The number of hydrogen-bond acceptors (Lipinski definition) is 3. The van der Waals surface area contributed by atoms with Gasteiger partial charge in [-0.25, -0.2) is 0 Å². The Balaban J connectivity index is 2.65. The predicted octanol–water partition coefficient (Wildman–Crippen LogP) is 4.69. The number of carbonyl (C=O) groups is 2. The van der Waals surface area contributed by atoms with Crippen LogP contribution in [0.1, 0.15) is 58.3 Å². The molecule has 138 valence electrons. The summed E-state index contributed by atoms with van der Waals surface area (Å²) in [5.74, 6) is -1.19. The van der Waals surface area contributed by atoms with E-state index < -0.39 is 11.6 Å². The molecule has 0 radical (unpaired) electrons. The van der Waals surface area contributed by atoms with Crippen molar-refractivity contribution >= 4 is 23.4 Å². The minimum atomic E-state index is -1.37. The van der Waals surface area contributed by atoms with Gasteiger partial charge in [0, 0.05) is 18.4 Å². The second-order valence-electron chi connectivity index (χ2n) is 6.21. The van der Waals surface area contributed by atoms with E-state index in [0.717, 1.165) is 19.3 Å². The van der Waals surface area contributed by atoms with Crippen molar-refractivity contribution < 1.29 is 19.8 Å². The summed E-state index contributed by atoms with van der Waals surface area (Å²) in [5.41, 5.74) is -1.12. The van der Waals surface area contributed by atoms with Crippen LogP contribution in [0.3, 0.4) is 0 Å². The van der Waals surface area contributed by atoms with E-state index in [2.05, 4.69) is 6.92 Å². The Hall–Kier alpha value is -1.65. The second-order valence-corrected chi connectivity index (χ2v) is 6.62. The van der Waals surface area contributed by atoms with Crippen LogP contribution in [0.25, 0.3) is 0 Å². The Kier molecular flexibility index (Phi) is 9.46. The van der Waals surface area contributed by atoms with Gasteiger partial charge in [0.05, 0.1) is 5.03 Å². The van der Waals surface area contributed by atoms with Gasteiger partial charge >= 0.3 is 5.97 Å². The van der Waals surface area contributed by atoms with Crippen LogP contribution in [-0.4, -0.2) is 27.6 Å². The van der Waals surface area contributed by atoms with Gasteiger partial charge in [0.1, 0.15) is 5.60 Å². The summed E-state index contributed by atoms with van der Waals surface area (Å²) in [6.07, 6.45) is 16.3. The molecule has 0 heterocycles. The van der Waals surface area contributed by atoms with Gasteiger partial charge in [-0.1, -0.05) is 61.7 Å². The molecule has 1 atom stereocenters. The molecule has 0 aliphatic heterocycles. The summed E-state index contributed by atoms with van der Waals surface area (Å²) in [6, 6.07) is 0. The highest BCUT2D eigenvalue weighted by atomic mass is 35.5. The number of aliphatic hydroxyl groups is 1. The number of carboxylic acid groups (broad SMARTS) is 1. The summed E-state index contributed by atoms with van der Waals surface area (Å²) in [6.45, 7) is 2.15. The van der Waals surface area contributed by atoms with Crippen LogP contribution in [0.15, 0.2) is 47.1 Å². The van der Waals surface area contributed by atoms with Gasteiger partial charge in [0.15, 0.2) is 0 Å². The minimum absolute atomic E-state index is 0.0346. The zero-order valence-corrected chi connectivity index (χ0v) is 15.5. The van der Waals surface area contributed by atoms with Gasteiger partial charge in [-0.2, -0.15) is 0 Å². The van der Waals surface area contributed by atoms with E-state index in [1.54, 1.807) is 18.2 Å². The predicted molar refractivity (Wildman–Crippen MR) is 101 cm³/mol. The normalized spacial score (nSPS) is 22.4. The maximum atomic E-state index is 12.1. The zero-order chi connectivity index (χ0) is 18.7. The zero-order valence-electron chi connectivity index (χ0n) is 14.7. The number of ketones is 1. The average molecular weight is 367 g/mol. The van der Waals surface area contributed by atoms with E-state index in [1.807, 2.05) is 12.2 Å². The van der Waals surface area contributed by atoms with Crippen LogP contribution in [0.4, 0.5) is 0 Å². The molecule has 0 bridgehead atoms. The molecule has 2 N–H and O–H groups in total. The van der Waals surface area contributed by atoms with Gasteiger partial charge < -0.3 is 10.2 Å². The monoisotopic (exact) mass is 366 g/mol. The topological polar surface area (TPSA) is 74.6 Å². The molecule has 4 nitrogen and oxygen atoms in total. The minimum Gasteiger partial charge on any atom is -0.481 e. The number of unbranched alkanes of at least 4 members (excludes halogenated alkanes) is 4. The number of Topliss-reactive ketones (excluding diaryl/α,β-unsaturated/α-hetero) is 1. The summed E-state index contributed by atoms with van der Waals surface area (Å²) in [7, 11) is 0. The van der Waals surface area contributed by atoms with E-state index in [-0.39, 0.29) is 22.8 Å². The maximum Gasteiger partial charge on any atom is 0.303 e. The lowest BCUT2D eigenvalue weighted by Crippen LogP contribution is -2.27. The largest absolute Gasteiger partial charge is 0.481 e. The molecule has 1 unspecified atom stereocenters. The Bertz CT molecular complexity index is 587. The first-order chi connectivity index (χ1) is 11.9. The van der Waals surface area contributed by atoms with Gasteiger partial charge in [-0.05, 0) is 31.8 Å². The molecule has 0 fully saturated rings. The Morgan fingerprint density at radius 1 is 1.20 bits per heavy atom. The number of rotatable bonds is 11. The van der Waals surface area contributed by atoms with Crippen molar-refractivity contribution in [1.82, 2.24) is 0 Å². The lowest BCUT2D eigenvalue weighted by molar-refractivity contribution is -0.137. The maximum absolute atomic E-state index is 12.1. The number of aliphatic carboxylic acids is 1. The molecule has 5 heteroatoms. The molecule has 0 saturated carbocycles. The molecule has 0 aromatic rings. The summed E-state index contributed by atoms with van der Waals surface area (Å²) >= 11 is 5.92. The molecule has 1 rings (SSSR count). The Morgan fingerprint density at radius 2 is 1.92 bits per heavy atom. The fourth-order valence-electron chi connectivity index (χ4n) is 2.59. The third-order valence-electron chi connectivity index (χ3n) is 4.02. The molecular formula is C20H27ClO4. The lowest BCUT2D eigenvalue weighted by Gasteiger charge is -2.20. The van der Waals surface area contributed by atoms with Crippen molar-refractivity contribution in [1.29, 1.82) is 0 Å². The van der Waals surface area contributed by atoms with Crippen molar-refractivity contribution in [3.8, 4) is 0 Å². The van der Waals surface area contributed by atoms with Crippen molar-refractivity contribution in [2.24, 2.45) is 0 Å². The first-order valence-corrected chi connectivity index (χ1v) is 9.18. The number of hydrogen-bond donors (Lipinski definition) is 2. The molecule has 0 saturated heterocycles. The number of allylic oxidation sites excluding steroid dienone is 5. The number of carboxylic acids is 1. The van der Waals surface area contributed by atoms with Crippen molar-refractivity contribution in [3.63, 3.8) is 0 Å². The quantitative estimate of drug-likeness (QED) is 0.316. The fraction of sp³-hybridized carbons (Fsp3) is 0.500. The SMILES string of the molecule is CCCCC/C=C\CC1(O)C=C(Cl)C(=O)/C1=C/C=C/CCCC(=O)O. The van der Waals surface area contributed by atoms with E-state index in [4.69, 9.17) is 16.7 Å². The summed E-state index contributed by atoms with van der Waals surface area (Å²) in [4.78, 5) is 22.6. The highest BCUT2D eigenvalue weighted by molar-refractivity contribution is 6.46. The molecular weight excluding hydrogens is 340 g/mol. The fourth-order valence-corrected chi connectivity index (χ4v) is 2.87. The van der Waals surface area contributed by atoms with Crippen LogP contribution in [0.2, 0.25) is 0 Å². The first kappa shape index (κ1) is 21.4. The molecule has 0 aromatic carbocycles. The summed E-state index contributed by atoms with van der Waals surface area (Å²) < 4.78 is 0. The van der Waals surface area contributed by atoms with Crippen LogP contribution in [0, 0.1) is 0 Å². The molecule has 0 aromatic heterocycles. The Labute approximate surface area is 154 Å². The first-order valence-electron chi connectivity index (χ1n) is 8.80. The smallest absolute Gasteiger partial charge is 0.303 e. The third-order valence-corrected chi connectivity index (χ3v) is 4.30. The second kappa shape index (κ2) is 11.1. The standard InChI is InChI=1S/C20H27ClO4/c1-2-3-4-5-8-11-14-20(25)15-17(21)19(24)16(20)12-9-6-7-10-13-18(22)23/h6,8-9,11-12,15,25H,2-5,7,10,13-14H2,1H3,(H,22,23)/b9-6+,11-8-,16-12-. The van der Waals surface area contributed by atoms with Crippen LogP contribution >= 0.6 is 11.6 Å². The van der Waals surface area contributed by atoms with E-state index in [9.17, 15) is 14.7 Å². The van der Waals surface area contributed by atoms with Gasteiger partial charge in [-0.3, -0.25) is 9.59 Å². The van der Waals surface area contributed by atoms with Crippen molar-refractivity contribution in [3.05, 3.63) is 47.1 Å². The average Bonchev–Trinajstić information content (AvgIpc) is 2.76. The molecule has 0 spiro atoms. The number of carbonyl (C=O) groups excluding carboxylic acids is 1.